The predicted octanol–water partition coefficient (Wildman–Crippen LogP) is 2.64. The summed E-state index contributed by atoms with van der Waals surface area (Å²) in [5.74, 6) is -0.00819. The van der Waals surface area contributed by atoms with Crippen LogP contribution in [0.15, 0.2) is 43.0 Å². The lowest BCUT2D eigenvalue weighted by molar-refractivity contribution is -0.109. The third-order valence-corrected chi connectivity index (χ3v) is 2.48. The summed E-state index contributed by atoms with van der Waals surface area (Å²) >= 11 is 0. The molecule has 0 amide bonds. The first kappa shape index (κ1) is 9.71. The van der Waals surface area contributed by atoms with E-state index in [1.807, 2.05) is 30.3 Å². The summed E-state index contributed by atoms with van der Waals surface area (Å²) in [6.07, 6.45) is 4.21. The normalized spacial score (nSPS) is 14.3. The Kier molecular flexibility index (Phi) is 2.68. The van der Waals surface area contributed by atoms with E-state index in [2.05, 4.69) is 11.9 Å². The van der Waals surface area contributed by atoms with Gasteiger partial charge in [0.25, 0.3) is 0 Å². The molecule has 0 atom stereocenters. The largest absolute Gasteiger partial charge is 0.384 e. The van der Waals surface area contributed by atoms with Crippen molar-refractivity contribution in [1.82, 2.24) is 0 Å². The number of benzene rings is 1. The van der Waals surface area contributed by atoms with E-state index in [-0.39, 0.29) is 5.78 Å². The number of ketones is 1. The van der Waals surface area contributed by atoms with E-state index in [1.165, 1.54) is 6.08 Å². The van der Waals surface area contributed by atoms with Crippen LogP contribution in [0.5, 0.6) is 0 Å². The molecule has 1 aromatic carbocycles. The molecule has 15 heavy (non-hydrogen) atoms. The van der Waals surface area contributed by atoms with Crippen molar-refractivity contribution in [1.29, 1.82) is 0 Å². The van der Waals surface area contributed by atoms with Gasteiger partial charge >= 0.3 is 0 Å². The Hall–Kier alpha value is -1.83. The van der Waals surface area contributed by atoms with Crippen LogP contribution >= 0.6 is 0 Å². The molecule has 0 radical (unpaired) electrons. The molecule has 0 unspecified atom stereocenters. The maximum atomic E-state index is 11.7. The van der Waals surface area contributed by atoms with Gasteiger partial charge in [-0.15, -0.1) is 0 Å². The van der Waals surface area contributed by atoms with Gasteiger partial charge in [-0.05, 0) is 18.6 Å². The van der Waals surface area contributed by atoms with Crippen molar-refractivity contribution >= 4 is 17.0 Å². The van der Waals surface area contributed by atoms with Gasteiger partial charge in [-0.3, -0.25) is 4.79 Å². The van der Waals surface area contributed by atoms with Crippen LogP contribution < -0.4 is 5.32 Å². The van der Waals surface area contributed by atoms with Crippen molar-refractivity contribution in [2.75, 3.05) is 11.9 Å². The van der Waals surface area contributed by atoms with Crippen molar-refractivity contribution in [2.45, 2.75) is 6.42 Å². The Morgan fingerprint density at radius 2 is 2.20 bits per heavy atom. The Bertz CT molecular complexity index is 432. The van der Waals surface area contributed by atoms with Crippen molar-refractivity contribution in [3.8, 4) is 0 Å². The third-order valence-electron chi connectivity index (χ3n) is 2.48. The summed E-state index contributed by atoms with van der Waals surface area (Å²) in [6.45, 7) is 4.39. The van der Waals surface area contributed by atoms with Crippen molar-refractivity contribution in [3.63, 3.8) is 0 Å². The Balaban J connectivity index is 2.51. The van der Waals surface area contributed by atoms with E-state index < -0.39 is 0 Å². The minimum absolute atomic E-state index is 0.00819. The summed E-state index contributed by atoms with van der Waals surface area (Å²) in [4.78, 5) is 11.7. The number of hydrogen-bond donors (Lipinski definition) is 1. The highest BCUT2D eigenvalue weighted by atomic mass is 16.1. The highest BCUT2D eigenvalue weighted by Gasteiger charge is 2.14. The topological polar surface area (TPSA) is 29.1 Å². The molecule has 1 heterocycles. The number of nitrogens with one attached hydrogen (secondary N) is 1. The van der Waals surface area contributed by atoms with E-state index in [1.54, 1.807) is 0 Å². The molecule has 76 valence electrons. The van der Waals surface area contributed by atoms with Gasteiger partial charge in [0.2, 0.25) is 0 Å². The second-order valence-corrected chi connectivity index (χ2v) is 3.45. The molecular formula is C13H13NO. The summed E-state index contributed by atoms with van der Waals surface area (Å²) < 4.78 is 0. The van der Waals surface area contributed by atoms with E-state index in [0.717, 1.165) is 29.8 Å². The van der Waals surface area contributed by atoms with Crippen LogP contribution in [-0.2, 0) is 4.79 Å². The zero-order chi connectivity index (χ0) is 10.7. The number of hydrogen-bond acceptors (Lipinski definition) is 2. The Morgan fingerprint density at radius 3 is 3.00 bits per heavy atom. The molecule has 1 N–H and O–H groups in total. The van der Waals surface area contributed by atoms with Gasteiger partial charge in [0, 0.05) is 23.4 Å². The lowest BCUT2D eigenvalue weighted by Gasteiger charge is -2.08. The number of rotatable bonds is 2. The van der Waals surface area contributed by atoms with Crippen LogP contribution in [0.25, 0.3) is 5.57 Å². The number of fused-ring (bicyclic) bond motifs is 1. The first-order valence-corrected chi connectivity index (χ1v) is 5.03. The lowest BCUT2D eigenvalue weighted by atomic mass is 10.00. The fourth-order valence-corrected chi connectivity index (χ4v) is 1.75. The zero-order valence-electron chi connectivity index (χ0n) is 8.49. The van der Waals surface area contributed by atoms with Gasteiger partial charge in [-0.25, -0.2) is 0 Å². The average Bonchev–Trinajstić information content (AvgIpc) is 2.50. The Morgan fingerprint density at radius 1 is 1.40 bits per heavy atom. The van der Waals surface area contributed by atoms with Gasteiger partial charge in [0.05, 0.1) is 0 Å². The number of carbonyl (C=O) groups excluding carboxylic acids is 1. The second kappa shape index (κ2) is 4.13. The maximum Gasteiger partial charge on any atom is 0.185 e. The van der Waals surface area contributed by atoms with E-state index in [9.17, 15) is 4.79 Å². The minimum atomic E-state index is -0.00819. The quantitative estimate of drug-likeness (QED) is 0.742. The summed E-state index contributed by atoms with van der Waals surface area (Å²) in [6, 6.07) is 7.86. The first-order chi connectivity index (χ1) is 7.33. The molecule has 0 bridgehead atoms. The highest BCUT2D eigenvalue weighted by molar-refractivity contribution is 6.27. The van der Waals surface area contributed by atoms with Crippen molar-refractivity contribution in [2.24, 2.45) is 0 Å². The fourth-order valence-electron chi connectivity index (χ4n) is 1.75. The van der Waals surface area contributed by atoms with Crippen LogP contribution in [0.1, 0.15) is 12.0 Å². The van der Waals surface area contributed by atoms with Gasteiger partial charge in [0.15, 0.2) is 5.78 Å². The molecule has 0 aromatic heterocycles. The van der Waals surface area contributed by atoms with E-state index in [0.29, 0.717) is 0 Å². The number of carbonyl (C=O) groups is 1. The third kappa shape index (κ3) is 1.84. The summed E-state index contributed by atoms with van der Waals surface area (Å²) in [5.41, 5.74) is 2.75. The number of anilines is 1. The van der Waals surface area contributed by atoms with Crippen LogP contribution in [0.2, 0.25) is 0 Å². The summed E-state index contributed by atoms with van der Waals surface area (Å²) in [7, 11) is 0. The van der Waals surface area contributed by atoms with E-state index in [4.69, 9.17) is 0 Å². The van der Waals surface area contributed by atoms with Crippen LogP contribution in [0, 0.1) is 0 Å². The molecule has 1 aliphatic heterocycles. The highest BCUT2D eigenvalue weighted by Crippen LogP contribution is 2.27. The van der Waals surface area contributed by atoms with Gasteiger partial charge < -0.3 is 5.32 Å². The SMILES string of the molecule is C=CC(=O)C1=CCCNc2ccccc21. The number of allylic oxidation sites excluding steroid dienone is 2. The molecule has 2 heteroatoms. The molecule has 1 aromatic rings. The lowest BCUT2D eigenvalue weighted by Crippen LogP contribution is -2.01. The van der Waals surface area contributed by atoms with Crippen molar-refractivity contribution < 1.29 is 4.79 Å². The predicted molar refractivity (Wildman–Crippen MR) is 62.7 cm³/mol. The van der Waals surface area contributed by atoms with Gasteiger partial charge in [0.1, 0.15) is 0 Å². The van der Waals surface area contributed by atoms with Crippen LogP contribution in [0.4, 0.5) is 5.69 Å². The standard InChI is InChI=1S/C13H13NO/c1-2-13(15)11-7-5-9-14-12-8-4-3-6-10(11)12/h2-4,6-8,14H,1,5,9H2. The molecule has 2 nitrogen and oxygen atoms in total. The van der Waals surface area contributed by atoms with Crippen LogP contribution in [0.3, 0.4) is 0 Å². The van der Waals surface area contributed by atoms with Crippen molar-refractivity contribution in [3.05, 3.63) is 48.6 Å². The van der Waals surface area contributed by atoms with Crippen LogP contribution in [-0.4, -0.2) is 12.3 Å². The average molecular weight is 199 g/mol. The smallest absolute Gasteiger partial charge is 0.185 e. The zero-order valence-corrected chi connectivity index (χ0v) is 8.49. The number of para-hydroxylation sites is 1. The molecule has 1 aliphatic rings. The molecular weight excluding hydrogens is 186 g/mol. The molecule has 0 spiro atoms. The fraction of sp³-hybridized carbons (Fsp3) is 0.154. The monoisotopic (exact) mass is 199 g/mol. The maximum absolute atomic E-state index is 11.7. The molecule has 0 saturated carbocycles. The minimum Gasteiger partial charge on any atom is -0.384 e. The second-order valence-electron chi connectivity index (χ2n) is 3.45. The molecule has 2 rings (SSSR count). The van der Waals surface area contributed by atoms with Gasteiger partial charge in [-0.1, -0.05) is 30.9 Å². The van der Waals surface area contributed by atoms with E-state index >= 15 is 0 Å². The summed E-state index contributed by atoms with van der Waals surface area (Å²) in [5, 5.41) is 3.30. The molecule has 0 aliphatic carbocycles. The molecule has 0 saturated heterocycles. The van der Waals surface area contributed by atoms with Gasteiger partial charge in [-0.2, -0.15) is 0 Å². The first-order valence-electron chi connectivity index (χ1n) is 5.03. The Labute approximate surface area is 89.3 Å². The molecule has 0 fully saturated rings.